The third-order valence-corrected chi connectivity index (χ3v) is 4.17. The van der Waals surface area contributed by atoms with Crippen LogP contribution < -0.4 is 0 Å². The van der Waals surface area contributed by atoms with Gasteiger partial charge < -0.3 is 19.7 Å². The SMILES string of the molecule is CC(=O)OC(C)CO[C@H](CC=C(C)C)C1=CC(=O)c2c(O)ccc(O)c2C1=O. The Labute approximate surface area is 163 Å². The summed E-state index contributed by atoms with van der Waals surface area (Å²) in [5.41, 5.74) is 0.618. The predicted molar refractivity (Wildman–Crippen MR) is 102 cm³/mol. The molecule has 1 aliphatic carbocycles. The van der Waals surface area contributed by atoms with Gasteiger partial charge in [0.05, 0.1) is 23.8 Å². The van der Waals surface area contributed by atoms with Crippen molar-refractivity contribution < 1.29 is 34.1 Å². The number of allylic oxidation sites excluding steroid dienone is 2. The van der Waals surface area contributed by atoms with Gasteiger partial charge in [0.15, 0.2) is 11.6 Å². The summed E-state index contributed by atoms with van der Waals surface area (Å²) in [5.74, 6) is -2.38. The van der Waals surface area contributed by atoms with Crippen molar-refractivity contribution >= 4 is 17.5 Å². The van der Waals surface area contributed by atoms with Gasteiger partial charge in [-0.1, -0.05) is 11.6 Å². The van der Waals surface area contributed by atoms with E-state index in [1.54, 1.807) is 6.92 Å². The summed E-state index contributed by atoms with van der Waals surface area (Å²) in [4.78, 5) is 36.5. The molecule has 0 fully saturated rings. The molecule has 0 radical (unpaired) electrons. The molecule has 0 spiro atoms. The minimum Gasteiger partial charge on any atom is -0.507 e. The Kier molecular flexibility index (Phi) is 6.75. The molecule has 0 aliphatic heterocycles. The Balaban J connectivity index is 2.36. The second-order valence-corrected chi connectivity index (χ2v) is 6.91. The molecule has 2 atom stereocenters. The fourth-order valence-electron chi connectivity index (χ4n) is 2.92. The zero-order valence-electron chi connectivity index (χ0n) is 16.3. The van der Waals surface area contributed by atoms with E-state index in [2.05, 4.69) is 0 Å². The Morgan fingerprint density at radius 1 is 1.11 bits per heavy atom. The Bertz CT molecular complexity index is 860. The normalized spacial score (nSPS) is 15.4. The predicted octanol–water partition coefficient (Wildman–Crippen LogP) is 3.10. The molecule has 0 saturated carbocycles. The number of aromatic hydroxyl groups is 2. The van der Waals surface area contributed by atoms with Gasteiger partial charge in [-0.3, -0.25) is 14.4 Å². The van der Waals surface area contributed by atoms with Crippen molar-refractivity contribution in [3.8, 4) is 11.5 Å². The lowest BCUT2D eigenvalue weighted by molar-refractivity contribution is -0.149. The molecule has 7 nitrogen and oxygen atoms in total. The largest absolute Gasteiger partial charge is 0.507 e. The number of phenolic OH excluding ortho intramolecular Hbond substituents is 2. The zero-order chi connectivity index (χ0) is 21.0. The monoisotopic (exact) mass is 388 g/mol. The first-order valence-corrected chi connectivity index (χ1v) is 8.89. The third kappa shape index (κ3) is 4.86. The minimum absolute atomic E-state index is 0.0263. The van der Waals surface area contributed by atoms with Crippen LogP contribution in [0.5, 0.6) is 11.5 Å². The number of ether oxygens (including phenoxy) is 2. The molecular weight excluding hydrogens is 364 g/mol. The second kappa shape index (κ2) is 8.84. The lowest BCUT2D eigenvalue weighted by Gasteiger charge is -2.25. The molecule has 1 aliphatic rings. The molecule has 0 amide bonds. The molecule has 0 bridgehead atoms. The number of rotatable bonds is 7. The molecule has 2 N–H and O–H groups in total. The number of Topliss-reactive ketones (excluding diaryl/α,β-unsaturated/α-hetero) is 1. The van der Waals surface area contributed by atoms with Crippen LogP contribution in [0.4, 0.5) is 0 Å². The van der Waals surface area contributed by atoms with Crippen molar-refractivity contribution in [2.24, 2.45) is 0 Å². The number of benzene rings is 1. The molecule has 1 unspecified atom stereocenters. The lowest BCUT2D eigenvalue weighted by Crippen LogP contribution is -2.30. The van der Waals surface area contributed by atoms with E-state index in [1.165, 1.54) is 6.92 Å². The number of carbonyl (C=O) groups is 3. The molecule has 1 aromatic carbocycles. The molecule has 1 aromatic rings. The molecule has 28 heavy (non-hydrogen) atoms. The molecule has 7 heteroatoms. The standard InChI is InChI=1S/C21H24O7/c1-11(2)5-8-18(27-10-12(3)28-13(4)22)14-9-17(25)19-15(23)6-7-16(24)20(19)21(14)26/h5-7,9,12,18,23-24H,8,10H2,1-4H3/t12?,18-/m1/s1. The summed E-state index contributed by atoms with van der Waals surface area (Å²) >= 11 is 0. The van der Waals surface area contributed by atoms with E-state index >= 15 is 0 Å². The average Bonchev–Trinajstić information content (AvgIpc) is 2.59. The van der Waals surface area contributed by atoms with Gasteiger partial charge >= 0.3 is 5.97 Å². The van der Waals surface area contributed by atoms with Gasteiger partial charge in [-0.05, 0) is 45.4 Å². The highest BCUT2D eigenvalue weighted by Gasteiger charge is 2.34. The number of fused-ring (bicyclic) bond motifs is 1. The summed E-state index contributed by atoms with van der Waals surface area (Å²) in [7, 11) is 0. The number of hydrogen-bond acceptors (Lipinski definition) is 7. The quantitative estimate of drug-likeness (QED) is 0.419. The van der Waals surface area contributed by atoms with Crippen LogP contribution in [0, 0.1) is 0 Å². The summed E-state index contributed by atoms with van der Waals surface area (Å²) in [6.07, 6.45) is 1.99. The average molecular weight is 388 g/mol. The smallest absolute Gasteiger partial charge is 0.302 e. The highest BCUT2D eigenvalue weighted by Crippen LogP contribution is 2.36. The zero-order valence-corrected chi connectivity index (χ0v) is 16.3. The van der Waals surface area contributed by atoms with Crippen LogP contribution in [0.1, 0.15) is 54.8 Å². The third-order valence-electron chi connectivity index (χ3n) is 4.17. The molecule has 150 valence electrons. The van der Waals surface area contributed by atoms with Gasteiger partial charge in [-0.2, -0.15) is 0 Å². The Morgan fingerprint density at radius 3 is 2.29 bits per heavy atom. The topological polar surface area (TPSA) is 110 Å². The van der Waals surface area contributed by atoms with Crippen LogP contribution in [0.25, 0.3) is 0 Å². The van der Waals surface area contributed by atoms with Crippen LogP contribution in [0.15, 0.2) is 35.4 Å². The van der Waals surface area contributed by atoms with E-state index < -0.39 is 29.7 Å². The van der Waals surface area contributed by atoms with E-state index in [0.29, 0.717) is 6.42 Å². The number of hydrogen-bond donors (Lipinski definition) is 2. The minimum atomic E-state index is -0.778. The second-order valence-electron chi connectivity index (χ2n) is 6.91. The van der Waals surface area contributed by atoms with Crippen LogP contribution in [-0.2, 0) is 14.3 Å². The van der Waals surface area contributed by atoms with Gasteiger partial charge in [-0.25, -0.2) is 0 Å². The Morgan fingerprint density at radius 2 is 1.71 bits per heavy atom. The van der Waals surface area contributed by atoms with Crippen molar-refractivity contribution in [2.45, 2.75) is 46.3 Å². The van der Waals surface area contributed by atoms with Crippen molar-refractivity contribution in [3.63, 3.8) is 0 Å². The van der Waals surface area contributed by atoms with Crippen molar-refractivity contribution in [2.75, 3.05) is 6.61 Å². The highest BCUT2D eigenvalue weighted by atomic mass is 16.6. The van der Waals surface area contributed by atoms with Gasteiger partial charge in [0.25, 0.3) is 0 Å². The molecule has 0 aromatic heterocycles. The number of ketones is 2. The Hall–Kier alpha value is -2.93. The molecule has 0 heterocycles. The van der Waals surface area contributed by atoms with E-state index in [1.807, 2.05) is 19.9 Å². The van der Waals surface area contributed by atoms with Crippen LogP contribution in [0.2, 0.25) is 0 Å². The van der Waals surface area contributed by atoms with E-state index in [-0.39, 0.29) is 34.8 Å². The summed E-state index contributed by atoms with van der Waals surface area (Å²) in [6, 6.07) is 2.33. The first kappa shape index (κ1) is 21.4. The van der Waals surface area contributed by atoms with Crippen molar-refractivity contribution in [1.29, 1.82) is 0 Å². The van der Waals surface area contributed by atoms with E-state index in [9.17, 15) is 24.6 Å². The first-order chi connectivity index (χ1) is 13.1. The maximum atomic E-state index is 13.0. The maximum absolute atomic E-state index is 13.0. The molecular formula is C21H24O7. The molecule has 2 rings (SSSR count). The van der Waals surface area contributed by atoms with E-state index in [0.717, 1.165) is 23.8 Å². The van der Waals surface area contributed by atoms with Crippen molar-refractivity contribution in [1.82, 2.24) is 0 Å². The maximum Gasteiger partial charge on any atom is 0.302 e. The number of esters is 1. The number of carbonyl (C=O) groups excluding carboxylic acids is 3. The van der Waals surface area contributed by atoms with E-state index in [4.69, 9.17) is 9.47 Å². The fourth-order valence-corrected chi connectivity index (χ4v) is 2.92. The lowest BCUT2D eigenvalue weighted by atomic mass is 9.85. The summed E-state index contributed by atoms with van der Waals surface area (Å²) in [6.45, 7) is 6.74. The van der Waals surface area contributed by atoms with Crippen LogP contribution in [-0.4, -0.2) is 46.6 Å². The fraction of sp³-hybridized carbons (Fsp3) is 0.381. The number of phenols is 2. The summed E-state index contributed by atoms with van der Waals surface area (Å²) < 4.78 is 10.8. The van der Waals surface area contributed by atoms with Crippen LogP contribution >= 0.6 is 0 Å². The summed E-state index contributed by atoms with van der Waals surface area (Å²) in [5, 5.41) is 20.0. The first-order valence-electron chi connectivity index (χ1n) is 8.89. The van der Waals surface area contributed by atoms with Gasteiger partial charge in [0.2, 0.25) is 0 Å². The van der Waals surface area contributed by atoms with Gasteiger partial charge in [-0.15, -0.1) is 0 Å². The van der Waals surface area contributed by atoms with Crippen LogP contribution in [0.3, 0.4) is 0 Å². The molecule has 0 saturated heterocycles. The van der Waals surface area contributed by atoms with Gasteiger partial charge in [0, 0.05) is 12.5 Å². The van der Waals surface area contributed by atoms with Crippen molar-refractivity contribution in [3.05, 3.63) is 46.6 Å². The van der Waals surface area contributed by atoms with Gasteiger partial charge in [0.1, 0.15) is 17.6 Å². The highest BCUT2D eigenvalue weighted by molar-refractivity contribution is 6.27.